The number of benzene rings is 1. The molecule has 1 saturated heterocycles. The van der Waals surface area contributed by atoms with Crippen LogP contribution in [0.25, 0.3) is 10.9 Å². The Balaban J connectivity index is 1.35. The normalized spacial score (nSPS) is 22.4. The number of thioether (sulfide) groups is 1. The van der Waals surface area contributed by atoms with Gasteiger partial charge in [0.15, 0.2) is 0 Å². The van der Waals surface area contributed by atoms with E-state index in [9.17, 15) is 15.0 Å². The van der Waals surface area contributed by atoms with Crippen molar-refractivity contribution < 1.29 is 19.7 Å². The second kappa shape index (κ2) is 12.2. The lowest BCUT2D eigenvalue weighted by Gasteiger charge is -2.39. The van der Waals surface area contributed by atoms with Crippen LogP contribution in [0.2, 0.25) is 0 Å². The highest BCUT2D eigenvalue weighted by Crippen LogP contribution is 2.36. The SMILES string of the molecule is COc1ccc2nccc([C@H](O)CC[C@@H]3CCN(CCSC4CCC4)C[C@H]3CCC(=O)O)c2c1. The number of carboxylic acids is 1. The van der Waals surface area contributed by atoms with Gasteiger partial charge in [0.1, 0.15) is 5.75 Å². The Hall–Kier alpha value is -1.83. The number of likely N-dealkylation sites (tertiary alicyclic amines) is 1. The van der Waals surface area contributed by atoms with Crippen molar-refractivity contribution in [3.8, 4) is 5.75 Å². The number of nitrogens with zero attached hydrogens (tertiary/aromatic N) is 2. The number of ether oxygens (including phenoxy) is 1. The van der Waals surface area contributed by atoms with Gasteiger partial charge in [0.05, 0.1) is 18.7 Å². The predicted molar refractivity (Wildman–Crippen MR) is 137 cm³/mol. The summed E-state index contributed by atoms with van der Waals surface area (Å²) in [5.74, 6) is 2.05. The van der Waals surface area contributed by atoms with E-state index in [0.29, 0.717) is 18.3 Å². The maximum atomic E-state index is 11.3. The lowest BCUT2D eigenvalue weighted by atomic mass is 9.79. The van der Waals surface area contributed by atoms with E-state index in [4.69, 9.17) is 4.74 Å². The molecule has 0 radical (unpaired) electrons. The van der Waals surface area contributed by atoms with Crippen LogP contribution in [0.5, 0.6) is 5.75 Å². The molecular weight excluding hydrogens is 448 g/mol. The summed E-state index contributed by atoms with van der Waals surface area (Å²) in [7, 11) is 1.64. The maximum absolute atomic E-state index is 11.3. The molecule has 4 rings (SSSR count). The molecule has 1 aromatic carbocycles. The van der Waals surface area contributed by atoms with E-state index in [2.05, 4.69) is 21.6 Å². The third kappa shape index (κ3) is 6.64. The molecule has 0 bridgehead atoms. The third-order valence-electron chi connectivity index (χ3n) is 7.67. The monoisotopic (exact) mass is 486 g/mol. The number of carboxylic acid groups (broad SMARTS) is 1. The lowest BCUT2D eigenvalue weighted by molar-refractivity contribution is -0.137. The fraction of sp³-hybridized carbons (Fsp3) is 0.630. The molecule has 2 N–H and O–H groups in total. The molecule has 2 heterocycles. The smallest absolute Gasteiger partial charge is 0.303 e. The Labute approximate surface area is 207 Å². The first kappa shape index (κ1) is 25.3. The van der Waals surface area contributed by atoms with Crippen LogP contribution in [0.3, 0.4) is 0 Å². The number of rotatable bonds is 12. The number of aliphatic hydroxyl groups excluding tert-OH is 1. The quantitative estimate of drug-likeness (QED) is 0.429. The van der Waals surface area contributed by atoms with Crippen molar-refractivity contribution in [1.82, 2.24) is 9.88 Å². The fourth-order valence-corrected chi connectivity index (χ4v) is 6.72. The van der Waals surface area contributed by atoms with Crippen molar-refractivity contribution in [2.75, 3.05) is 32.5 Å². The lowest BCUT2D eigenvalue weighted by Crippen LogP contribution is -2.42. The first-order valence-electron chi connectivity index (χ1n) is 12.7. The van der Waals surface area contributed by atoms with Gasteiger partial charge in [0, 0.05) is 42.1 Å². The Morgan fingerprint density at radius 1 is 1.24 bits per heavy atom. The summed E-state index contributed by atoms with van der Waals surface area (Å²) in [5, 5.41) is 22.2. The summed E-state index contributed by atoms with van der Waals surface area (Å²) in [6.07, 6.45) is 8.90. The number of hydrogen-bond donors (Lipinski definition) is 2. The summed E-state index contributed by atoms with van der Waals surface area (Å²) in [6, 6.07) is 7.65. The molecule has 1 aliphatic heterocycles. The van der Waals surface area contributed by atoms with Gasteiger partial charge < -0.3 is 19.8 Å². The zero-order chi connectivity index (χ0) is 23.9. The second-order valence-electron chi connectivity index (χ2n) is 9.84. The summed E-state index contributed by atoms with van der Waals surface area (Å²) >= 11 is 2.11. The molecule has 1 aromatic heterocycles. The molecule has 2 fully saturated rings. The Morgan fingerprint density at radius 3 is 2.82 bits per heavy atom. The number of piperidine rings is 1. The van der Waals surface area contributed by atoms with E-state index in [0.717, 1.165) is 66.4 Å². The topological polar surface area (TPSA) is 82.9 Å². The Kier molecular flexibility index (Phi) is 9.09. The average Bonchev–Trinajstić information content (AvgIpc) is 2.82. The molecule has 7 heteroatoms. The van der Waals surface area contributed by atoms with Gasteiger partial charge in [-0.05, 0) is 86.7 Å². The van der Waals surface area contributed by atoms with Crippen LogP contribution in [-0.2, 0) is 4.79 Å². The summed E-state index contributed by atoms with van der Waals surface area (Å²) in [5.41, 5.74) is 1.74. The van der Waals surface area contributed by atoms with Crippen LogP contribution >= 0.6 is 11.8 Å². The van der Waals surface area contributed by atoms with Crippen LogP contribution in [0.15, 0.2) is 30.5 Å². The number of pyridine rings is 1. The van der Waals surface area contributed by atoms with Crippen molar-refractivity contribution in [2.24, 2.45) is 11.8 Å². The van der Waals surface area contributed by atoms with Crippen LogP contribution in [0.1, 0.15) is 63.0 Å². The molecule has 6 nitrogen and oxygen atoms in total. The van der Waals surface area contributed by atoms with Gasteiger partial charge in [-0.25, -0.2) is 0 Å². The number of carbonyl (C=O) groups is 1. The van der Waals surface area contributed by atoms with Crippen LogP contribution in [-0.4, -0.2) is 63.8 Å². The molecule has 0 unspecified atom stereocenters. The highest BCUT2D eigenvalue weighted by molar-refractivity contribution is 7.99. The molecule has 2 aliphatic rings. The largest absolute Gasteiger partial charge is 0.497 e. The number of fused-ring (bicyclic) bond motifs is 1. The molecule has 0 spiro atoms. The van der Waals surface area contributed by atoms with E-state index in [1.165, 1.54) is 25.0 Å². The van der Waals surface area contributed by atoms with Gasteiger partial charge in [0.2, 0.25) is 0 Å². The number of aliphatic hydroxyl groups is 1. The van der Waals surface area contributed by atoms with E-state index in [1.807, 2.05) is 24.3 Å². The minimum Gasteiger partial charge on any atom is -0.497 e. The Bertz CT molecular complexity index is 951. The zero-order valence-electron chi connectivity index (χ0n) is 20.2. The molecule has 34 heavy (non-hydrogen) atoms. The van der Waals surface area contributed by atoms with Gasteiger partial charge in [-0.2, -0.15) is 11.8 Å². The fourth-order valence-electron chi connectivity index (χ4n) is 5.35. The van der Waals surface area contributed by atoms with Gasteiger partial charge in [-0.3, -0.25) is 9.78 Å². The van der Waals surface area contributed by atoms with Crippen molar-refractivity contribution in [1.29, 1.82) is 0 Å². The molecule has 1 saturated carbocycles. The minimum absolute atomic E-state index is 0.225. The maximum Gasteiger partial charge on any atom is 0.303 e. The second-order valence-corrected chi connectivity index (χ2v) is 11.3. The molecule has 3 atom stereocenters. The molecule has 186 valence electrons. The van der Waals surface area contributed by atoms with Crippen molar-refractivity contribution in [3.63, 3.8) is 0 Å². The van der Waals surface area contributed by atoms with Gasteiger partial charge in [-0.15, -0.1) is 0 Å². The number of aliphatic carboxylic acids is 1. The van der Waals surface area contributed by atoms with E-state index in [1.54, 1.807) is 13.3 Å². The standard InChI is InChI=1S/C27H38N2O4S/c1-33-21-7-8-25-24(17-21)23(11-13-28-25)26(30)9-5-19-12-14-29(15-16-34-22-3-2-4-22)18-20(19)6-10-27(31)32/h7-8,11,13,17,19-20,22,26,30H,2-6,9-10,12,14-16,18H2,1H3,(H,31,32)/t19-,20-,26-/m1/s1. The molecule has 2 aromatic rings. The highest BCUT2D eigenvalue weighted by atomic mass is 32.2. The van der Waals surface area contributed by atoms with Crippen LogP contribution in [0, 0.1) is 11.8 Å². The van der Waals surface area contributed by atoms with Crippen molar-refractivity contribution >= 4 is 28.6 Å². The molecule has 1 aliphatic carbocycles. The zero-order valence-corrected chi connectivity index (χ0v) is 21.0. The van der Waals surface area contributed by atoms with Crippen molar-refractivity contribution in [2.45, 2.75) is 62.7 Å². The number of aromatic nitrogens is 1. The predicted octanol–water partition coefficient (Wildman–Crippen LogP) is 5.15. The van der Waals surface area contributed by atoms with Crippen LogP contribution < -0.4 is 4.74 Å². The van der Waals surface area contributed by atoms with Gasteiger partial charge in [-0.1, -0.05) is 6.42 Å². The first-order valence-corrected chi connectivity index (χ1v) is 13.7. The van der Waals surface area contributed by atoms with Crippen molar-refractivity contribution in [3.05, 3.63) is 36.0 Å². The summed E-state index contributed by atoms with van der Waals surface area (Å²) in [6.45, 7) is 3.16. The van der Waals surface area contributed by atoms with E-state index in [-0.39, 0.29) is 6.42 Å². The number of methoxy groups -OCH3 is 1. The number of hydrogen-bond acceptors (Lipinski definition) is 6. The first-order chi connectivity index (χ1) is 16.5. The summed E-state index contributed by atoms with van der Waals surface area (Å²) in [4.78, 5) is 18.2. The van der Waals surface area contributed by atoms with Gasteiger partial charge in [0.25, 0.3) is 0 Å². The van der Waals surface area contributed by atoms with Gasteiger partial charge >= 0.3 is 5.97 Å². The average molecular weight is 487 g/mol. The minimum atomic E-state index is -0.714. The highest BCUT2D eigenvalue weighted by Gasteiger charge is 2.30. The van der Waals surface area contributed by atoms with E-state index < -0.39 is 12.1 Å². The molecule has 0 amide bonds. The third-order valence-corrected chi connectivity index (χ3v) is 9.03. The molecular formula is C27H38N2O4S. The summed E-state index contributed by atoms with van der Waals surface area (Å²) < 4.78 is 5.37. The van der Waals surface area contributed by atoms with Crippen LogP contribution in [0.4, 0.5) is 0 Å². The van der Waals surface area contributed by atoms with E-state index >= 15 is 0 Å². The Morgan fingerprint density at radius 2 is 2.09 bits per heavy atom.